The van der Waals surface area contributed by atoms with Crippen molar-refractivity contribution in [3.8, 4) is 11.3 Å². The monoisotopic (exact) mass is 268 g/mol. The summed E-state index contributed by atoms with van der Waals surface area (Å²) >= 11 is 0. The van der Waals surface area contributed by atoms with Crippen LogP contribution in [0.1, 0.15) is 37.9 Å². The fourth-order valence-electron chi connectivity index (χ4n) is 4.05. The number of piperidine rings is 1. The Morgan fingerprint density at radius 2 is 2.05 bits per heavy atom. The van der Waals surface area contributed by atoms with Crippen LogP contribution in [0.3, 0.4) is 0 Å². The molecule has 2 saturated heterocycles. The molecule has 3 heteroatoms. The molecule has 3 heterocycles. The van der Waals surface area contributed by atoms with Gasteiger partial charge in [-0.3, -0.25) is 4.90 Å². The van der Waals surface area contributed by atoms with E-state index < -0.39 is 0 Å². The van der Waals surface area contributed by atoms with E-state index in [2.05, 4.69) is 35.3 Å². The molecule has 1 aromatic heterocycles. The van der Waals surface area contributed by atoms with E-state index in [9.17, 15) is 0 Å². The second-order valence-corrected chi connectivity index (χ2v) is 6.17. The molecule has 0 unspecified atom stereocenters. The molecule has 0 aliphatic carbocycles. The van der Waals surface area contributed by atoms with Gasteiger partial charge in [0.05, 0.1) is 5.54 Å². The number of hydrogen-bond acceptors (Lipinski definition) is 3. The molecule has 4 rings (SSSR count). The Morgan fingerprint density at radius 1 is 1.20 bits per heavy atom. The highest BCUT2D eigenvalue weighted by atomic mass is 16.5. The lowest BCUT2D eigenvalue weighted by atomic mass is 9.86. The van der Waals surface area contributed by atoms with Crippen molar-refractivity contribution in [2.45, 2.75) is 43.7 Å². The Labute approximate surface area is 119 Å². The Morgan fingerprint density at radius 3 is 2.90 bits per heavy atom. The van der Waals surface area contributed by atoms with Gasteiger partial charge in [-0.1, -0.05) is 35.5 Å². The van der Waals surface area contributed by atoms with Crippen LogP contribution in [-0.2, 0) is 5.54 Å². The molecule has 0 amide bonds. The van der Waals surface area contributed by atoms with Crippen LogP contribution in [0.2, 0.25) is 0 Å². The highest BCUT2D eigenvalue weighted by Crippen LogP contribution is 2.49. The fourth-order valence-corrected chi connectivity index (χ4v) is 4.05. The Kier molecular flexibility index (Phi) is 2.71. The maximum atomic E-state index is 5.76. The zero-order valence-electron chi connectivity index (χ0n) is 11.9. The van der Waals surface area contributed by atoms with E-state index in [1.165, 1.54) is 32.1 Å². The lowest BCUT2D eigenvalue weighted by molar-refractivity contribution is 0.0552. The normalized spacial score (nSPS) is 29.8. The Bertz CT molecular complexity index is 602. The molecule has 2 aliphatic heterocycles. The van der Waals surface area contributed by atoms with Crippen LogP contribution >= 0.6 is 0 Å². The van der Waals surface area contributed by atoms with Crippen molar-refractivity contribution in [2.75, 3.05) is 7.05 Å². The summed E-state index contributed by atoms with van der Waals surface area (Å²) in [5, 5.41) is 4.31. The number of rotatable bonds is 2. The van der Waals surface area contributed by atoms with Gasteiger partial charge < -0.3 is 4.52 Å². The molecule has 104 valence electrons. The Balaban J connectivity index is 1.72. The van der Waals surface area contributed by atoms with E-state index in [0.717, 1.165) is 23.1 Å². The van der Waals surface area contributed by atoms with Gasteiger partial charge in [0.15, 0.2) is 5.76 Å². The minimum Gasteiger partial charge on any atom is -0.359 e. The molecule has 0 saturated carbocycles. The van der Waals surface area contributed by atoms with Crippen molar-refractivity contribution >= 4 is 0 Å². The average Bonchev–Trinajstić information content (AvgIpc) is 3.02. The first-order valence-corrected chi connectivity index (χ1v) is 7.55. The SMILES string of the molecule is CN1[C@@H]2CCC[C@@]1(c1cc(-c3ccccc3)no1)CC2. The van der Waals surface area contributed by atoms with Crippen LogP contribution in [0.4, 0.5) is 0 Å². The molecule has 1 aromatic carbocycles. The summed E-state index contributed by atoms with van der Waals surface area (Å²) in [6, 6.07) is 13.2. The third-order valence-corrected chi connectivity index (χ3v) is 5.28. The predicted molar refractivity (Wildman–Crippen MR) is 78.3 cm³/mol. The lowest BCUT2D eigenvalue weighted by Crippen LogP contribution is -2.45. The summed E-state index contributed by atoms with van der Waals surface area (Å²) in [5.74, 6) is 1.06. The van der Waals surface area contributed by atoms with E-state index in [0.29, 0.717) is 0 Å². The summed E-state index contributed by atoms with van der Waals surface area (Å²) in [7, 11) is 2.25. The van der Waals surface area contributed by atoms with Crippen molar-refractivity contribution in [3.63, 3.8) is 0 Å². The molecule has 2 aromatic rings. The van der Waals surface area contributed by atoms with E-state index in [1.54, 1.807) is 0 Å². The number of benzene rings is 1. The van der Waals surface area contributed by atoms with Crippen LogP contribution in [0.15, 0.2) is 40.9 Å². The molecule has 0 radical (unpaired) electrons. The standard InChI is InChI=1S/C17H20N2O/c1-19-14-8-5-10-17(19,11-9-14)16-12-15(18-20-16)13-6-3-2-4-7-13/h2-4,6-7,12,14H,5,8-11H2,1H3/t14-,17+/m1/s1. The molecule has 2 aliphatic rings. The number of hydrogen-bond donors (Lipinski definition) is 0. The van der Waals surface area contributed by atoms with Crippen LogP contribution in [0.25, 0.3) is 11.3 Å². The van der Waals surface area contributed by atoms with Crippen LogP contribution < -0.4 is 0 Å². The van der Waals surface area contributed by atoms with Gasteiger partial charge in [-0.15, -0.1) is 0 Å². The predicted octanol–water partition coefficient (Wildman–Crippen LogP) is 3.82. The topological polar surface area (TPSA) is 29.3 Å². The van der Waals surface area contributed by atoms with E-state index in [1.807, 2.05) is 18.2 Å². The maximum absolute atomic E-state index is 5.76. The maximum Gasteiger partial charge on any atom is 0.157 e. The number of aromatic nitrogens is 1. The van der Waals surface area contributed by atoms with Gasteiger partial charge in [-0.05, 0) is 39.2 Å². The average molecular weight is 268 g/mol. The third kappa shape index (κ3) is 1.66. The van der Waals surface area contributed by atoms with Crippen molar-refractivity contribution in [1.29, 1.82) is 0 Å². The van der Waals surface area contributed by atoms with Crippen molar-refractivity contribution < 1.29 is 4.52 Å². The smallest absolute Gasteiger partial charge is 0.157 e. The zero-order valence-corrected chi connectivity index (χ0v) is 11.9. The molecule has 3 nitrogen and oxygen atoms in total. The zero-order chi connectivity index (χ0) is 13.6. The second kappa shape index (κ2) is 4.45. The summed E-state index contributed by atoms with van der Waals surface area (Å²) in [6.07, 6.45) is 6.33. The lowest BCUT2D eigenvalue weighted by Gasteiger charge is -2.40. The van der Waals surface area contributed by atoms with Gasteiger partial charge in [-0.2, -0.15) is 0 Å². The molecule has 2 bridgehead atoms. The van der Waals surface area contributed by atoms with Gasteiger partial charge >= 0.3 is 0 Å². The first-order chi connectivity index (χ1) is 9.79. The van der Waals surface area contributed by atoms with Crippen LogP contribution in [0, 0.1) is 0 Å². The molecule has 0 N–H and O–H groups in total. The van der Waals surface area contributed by atoms with Gasteiger partial charge in [-0.25, -0.2) is 0 Å². The minimum atomic E-state index is 0.100. The van der Waals surface area contributed by atoms with Crippen molar-refractivity contribution in [1.82, 2.24) is 10.1 Å². The molecular formula is C17H20N2O. The highest BCUT2D eigenvalue weighted by Gasteiger charge is 2.50. The van der Waals surface area contributed by atoms with Crippen LogP contribution in [-0.4, -0.2) is 23.1 Å². The molecule has 0 spiro atoms. The van der Waals surface area contributed by atoms with Gasteiger partial charge in [0.1, 0.15) is 5.69 Å². The van der Waals surface area contributed by atoms with Crippen LogP contribution in [0.5, 0.6) is 0 Å². The summed E-state index contributed by atoms with van der Waals surface area (Å²) in [6.45, 7) is 0. The van der Waals surface area contributed by atoms with E-state index in [-0.39, 0.29) is 5.54 Å². The van der Waals surface area contributed by atoms with Gasteiger partial charge in [0.2, 0.25) is 0 Å². The van der Waals surface area contributed by atoms with Crippen molar-refractivity contribution in [3.05, 3.63) is 42.2 Å². The summed E-state index contributed by atoms with van der Waals surface area (Å²) in [5.41, 5.74) is 2.19. The third-order valence-electron chi connectivity index (χ3n) is 5.28. The largest absolute Gasteiger partial charge is 0.359 e. The van der Waals surface area contributed by atoms with Gasteiger partial charge in [0.25, 0.3) is 0 Å². The number of fused-ring (bicyclic) bond motifs is 2. The molecule has 2 atom stereocenters. The molecule has 2 fully saturated rings. The number of nitrogens with zero attached hydrogens (tertiary/aromatic N) is 2. The first kappa shape index (κ1) is 12.2. The fraction of sp³-hybridized carbons (Fsp3) is 0.471. The Hall–Kier alpha value is -1.61. The summed E-state index contributed by atoms with van der Waals surface area (Å²) < 4.78 is 5.76. The van der Waals surface area contributed by atoms with E-state index in [4.69, 9.17) is 4.52 Å². The van der Waals surface area contributed by atoms with Gasteiger partial charge in [0, 0.05) is 17.7 Å². The molecule has 20 heavy (non-hydrogen) atoms. The first-order valence-electron chi connectivity index (χ1n) is 7.55. The van der Waals surface area contributed by atoms with E-state index >= 15 is 0 Å². The molecular weight excluding hydrogens is 248 g/mol. The summed E-state index contributed by atoms with van der Waals surface area (Å²) in [4.78, 5) is 2.53. The quantitative estimate of drug-likeness (QED) is 0.829. The van der Waals surface area contributed by atoms with Crippen molar-refractivity contribution in [2.24, 2.45) is 0 Å². The second-order valence-electron chi connectivity index (χ2n) is 6.17. The minimum absolute atomic E-state index is 0.100. The highest BCUT2D eigenvalue weighted by molar-refractivity contribution is 5.58.